The molecule has 1 aliphatic rings. The zero-order chi connectivity index (χ0) is 23.1. The molecule has 1 aromatic heterocycles. The smallest absolute Gasteiger partial charge is 0.238 e. The molecule has 0 saturated carbocycles. The summed E-state index contributed by atoms with van der Waals surface area (Å²) in [4.78, 5) is 17.0. The lowest BCUT2D eigenvalue weighted by molar-refractivity contribution is -0.117. The van der Waals surface area contributed by atoms with Gasteiger partial charge in [-0.3, -0.25) is 9.69 Å². The van der Waals surface area contributed by atoms with Crippen LogP contribution < -0.4 is 19.7 Å². The summed E-state index contributed by atoms with van der Waals surface area (Å²) in [5.74, 6) is 1.98. The molecule has 0 bridgehead atoms. The number of aromatic nitrogens is 1. The Bertz CT molecular complexity index is 889. The highest BCUT2D eigenvalue weighted by Crippen LogP contribution is 2.39. The molecule has 3 rings (SSSR count). The van der Waals surface area contributed by atoms with Crippen LogP contribution in [0.1, 0.15) is 30.9 Å². The summed E-state index contributed by atoms with van der Waals surface area (Å²) in [6, 6.07) is 3.80. The first kappa shape index (κ1) is 23.9. The maximum Gasteiger partial charge on any atom is 0.238 e. The van der Waals surface area contributed by atoms with Gasteiger partial charge in [-0.05, 0) is 34.7 Å². The van der Waals surface area contributed by atoms with E-state index in [9.17, 15) is 4.79 Å². The number of nitrogens with one attached hydrogen (secondary N) is 1. The Morgan fingerprint density at radius 3 is 2.47 bits per heavy atom. The number of amides is 1. The van der Waals surface area contributed by atoms with Gasteiger partial charge in [0.05, 0.1) is 50.0 Å². The van der Waals surface area contributed by atoms with Gasteiger partial charge in [0.25, 0.3) is 0 Å². The van der Waals surface area contributed by atoms with Crippen molar-refractivity contribution in [2.45, 2.75) is 34.2 Å². The molecule has 1 fully saturated rings. The van der Waals surface area contributed by atoms with E-state index >= 15 is 0 Å². The number of nitrogens with zero attached hydrogens (tertiary/aromatic N) is 3. The predicted octanol–water partition coefficient (Wildman–Crippen LogP) is 3.00. The highest BCUT2D eigenvalue weighted by Gasteiger charge is 2.21. The van der Waals surface area contributed by atoms with E-state index in [1.54, 1.807) is 0 Å². The van der Waals surface area contributed by atoms with Crippen LogP contribution in [0.25, 0.3) is 0 Å². The van der Waals surface area contributed by atoms with Crippen molar-refractivity contribution in [1.82, 2.24) is 10.1 Å². The van der Waals surface area contributed by atoms with Gasteiger partial charge in [0.2, 0.25) is 5.91 Å². The van der Waals surface area contributed by atoms with Gasteiger partial charge in [-0.25, -0.2) is 0 Å². The molecule has 9 heteroatoms. The number of carbonyl (C=O) groups excluding carboxylic acids is 1. The normalized spacial score (nSPS) is 14.0. The van der Waals surface area contributed by atoms with E-state index in [4.69, 9.17) is 18.7 Å². The third-order valence-corrected chi connectivity index (χ3v) is 5.31. The first-order chi connectivity index (χ1) is 15.4. The van der Waals surface area contributed by atoms with Crippen LogP contribution in [0.3, 0.4) is 0 Å². The lowest BCUT2D eigenvalue weighted by Crippen LogP contribution is -2.36. The molecule has 2 aromatic rings. The molecule has 0 unspecified atom stereocenters. The van der Waals surface area contributed by atoms with Crippen LogP contribution in [0, 0.1) is 13.8 Å². The van der Waals surface area contributed by atoms with E-state index in [2.05, 4.69) is 15.4 Å². The number of rotatable bonds is 10. The van der Waals surface area contributed by atoms with Crippen molar-refractivity contribution in [2.24, 2.45) is 0 Å². The molecular formula is C23H34N4O5. The molecule has 1 aliphatic heterocycles. The lowest BCUT2D eigenvalue weighted by atomic mass is 10.2. The monoisotopic (exact) mass is 446 g/mol. The fraction of sp³-hybridized carbons (Fsp3) is 0.565. The summed E-state index contributed by atoms with van der Waals surface area (Å²) in [5, 5.41) is 6.97. The summed E-state index contributed by atoms with van der Waals surface area (Å²) < 4.78 is 22.5. The van der Waals surface area contributed by atoms with Crippen molar-refractivity contribution in [3.8, 4) is 11.5 Å². The Hall–Kier alpha value is -2.78. The van der Waals surface area contributed by atoms with Crippen LogP contribution in [0.2, 0.25) is 0 Å². The van der Waals surface area contributed by atoms with Crippen molar-refractivity contribution in [3.63, 3.8) is 0 Å². The van der Waals surface area contributed by atoms with Crippen molar-refractivity contribution in [1.29, 1.82) is 0 Å². The van der Waals surface area contributed by atoms with E-state index in [0.29, 0.717) is 44.4 Å². The number of morpholine rings is 1. The molecule has 0 spiro atoms. The molecule has 2 heterocycles. The number of hydrogen-bond donors (Lipinski definition) is 1. The minimum Gasteiger partial charge on any atom is -0.492 e. The Balaban J connectivity index is 1.76. The van der Waals surface area contributed by atoms with Gasteiger partial charge in [-0.1, -0.05) is 5.16 Å². The maximum atomic E-state index is 12.8. The first-order valence-corrected chi connectivity index (χ1v) is 11.1. The van der Waals surface area contributed by atoms with Gasteiger partial charge in [0.15, 0.2) is 0 Å². The fourth-order valence-electron chi connectivity index (χ4n) is 3.73. The zero-order valence-electron chi connectivity index (χ0n) is 19.7. The molecule has 1 saturated heterocycles. The average Bonchev–Trinajstić information content (AvgIpc) is 3.08. The molecule has 176 valence electrons. The molecular weight excluding hydrogens is 412 g/mol. The first-order valence-electron chi connectivity index (χ1n) is 11.1. The second kappa shape index (κ2) is 11.2. The highest BCUT2D eigenvalue weighted by molar-refractivity contribution is 5.94. The Morgan fingerprint density at radius 1 is 1.16 bits per heavy atom. The van der Waals surface area contributed by atoms with Gasteiger partial charge in [-0.15, -0.1) is 0 Å². The summed E-state index contributed by atoms with van der Waals surface area (Å²) in [7, 11) is 1.89. The molecule has 1 amide bonds. The second-order valence-corrected chi connectivity index (χ2v) is 7.80. The SMILES string of the molecule is CCOc1cc(N2CCOCC2)c(OCC)cc1NC(=O)CN(C)Cc1c(C)noc1C. The van der Waals surface area contributed by atoms with Gasteiger partial charge >= 0.3 is 0 Å². The van der Waals surface area contributed by atoms with E-state index in [-0.39, 0.29) is 12.5 Å². The van der Waals surface area contributed by atoms with Gasteiger partial charge in [-0.2, -0.15) is 0 Å². The van der Waals surface area contributed by atoms with Gasteiger partial charge in [0.1, 0.15) is 17.3 Å². The Kier molecular flexibility index (Phi) is 8.35. The summed E-state index contributed by atoms with van der Waals surface area (Å²) in [5.41, 5.74) is 3.40. The van der Waals surface area contributed by atoms with E-state index < -0.39 is 0 Å². The number of carbonyl (C=O) groups is 1. The molecule has 1 N–H and O–H groups in total. The maximum absolute atomic E-state index is 12.8. The third-order valence-electron chi connectivity index (χ3n) is 5.31. The molecule has 0 atom stereocenters. The van der Waals surface area contributed by atoms with Crippen LogP contribution in [0.5, 0.6) is 11.5 Å². The van der Waals surface area contributed by atoms with Gasteiger partial charge in [0, 0.05) is 37.3 Å². The summed E-state index contributed by atoms with van der Waals surface area (Å²) in [6.45, 7) is 12.4. The van der Waals surface area contributed by atoms with Crippen LogP contribution in [-0.4, -0.2) is 69.1 Å². The summed E-state index contributed by atoms with van der Waals surface area (Å²) in [6.07, 6.45) is 0. The highest BCUT2D eigenvalue weighted by atomic mass is 16.5. The molecule has 0 radical (unpaired) electrons. The molecule has 9 nitrogen and oxygen atoms in total. The number of hydrogen-bond acceptors (Lipinski definition) is 8. The number of likely N-dealkylation sites (N-methyl/N-ethyl adjacent to an activating group) is 1. The second-order valence-electron chi connectivity index (χ2n) is 7.80. The molecule has 32 heavy (non-hydrogen) atoms. The number of benzene rings is 1. The lowest BCUT2D eigenvalue weighted by Gasteiger charge is -2.31. The largest absolute Gasteiger partial charge is 0.492 e. The van der Waals surface area contributed by atoms with Gasteiger partial charge < -0.3 is 29.0 Å². The van der Waals surface area contributed by atoms with Crippen molar-refractivity contribution < 1.29 is 23.5 Å². The Labute approximate surface area is 189 Å². The van der Waals surface area contributed by atoms with E-state index in [1.807, 2.05) is 51.8 Å². The van der Waals surface area contributed by atoms with Crippen molar-refractivity contribution in [3.05, 3.63) is 29.2 Å². The fourth-order valence-corrected chi connectivity index (χ4v) is 3.73. The molecule has 1 aromatic carbocycles. The minimum absolute atomic E-state index is 0.137. The van der Waals surface area contributed by atoms with Crippen LogP contribution in [0.4, 0.5) is 11.4 Å². The van der Waals surface area contributed by atoms with E-state index in [1.165, 1.54) is 0 Å². The number of anilines is 2. The number of ether oxygens (including phenoxy) is 3. The average molecular weight is 447 g/mol. The van der Waals surface area contributed by atoms with Crippen molar-refractivity contribution in [2.75, 3.05) is 63.3 Å². The standard InChI is InChI=1S/C23H34N4O5/c1-6-30-21-13-20(27-8-10-29-11-9-27)22(31-7-2)12-19(21)24-23(28)15-26(5)14-18-16(3)25-32-17(18)4/h12-13H,6-11,14-15H2,1-5H3,(H,24,28). The molecule has 0 aliphatic carbocycles. The number of aryl methyl sites for hydroxylation is 2. The van der Waals surface area contributed by atoms with Crippen LogP contribution >= 0.6 is 0 Å². The quantitative estimate of drug-likeness (QED) is 0.596. The third kappa shape index (κ3) is 5.92. The topological polar surface area (TPSA) is 89.3 Å². The predicted molar refractivity (Wildman–Crippen MR) is 123 cm³/mol. The van der Waals surface area contributed by atoms with E-state index in [0.717, 1.165) is 41.5 Å². The van der Waals surface area contributed by atoms with Crippen LogP contribution in [0.15, 0.2) is 16.7 Å². The van der Waals surface area contributed by atoms with Crippen molar-refractivity contribution >= 4 is 17.3 Å². The van der Waals surface area contributed by atoms with Crippen LogP contribution in [-0.2, 0) is 16.1 Å². The Morgan fingerprint density at radius 2 is 1.84 bits per heavy atom. The summed E-state index contributed by atoms with van der Waals surface area (Å²) >= 11 is 0. The zero-order valence-corrected chi connectivity index (χ0v) is 19.7. The minimum atomic E-state index is -0.137.